The fourth-order valence-corrected chi connectivity index (χ4v) is 2.85. The van der Waals surface area contributed by atoms with Gasteiger partial charge in [-0.15, -0.1) is 13.2 Å². The van der Waals surface area contributed by atoms with Gasteiger partial charge in [-0.05, 0) is 30.3 Å². The van der Waals surface area contributed by atoms with Gasteiger partial charge in [0, 0.05) is 23.5 Å². The first kappa shape index (κ1) is 28.2. The van der Waals surface area contributed by atoms with Gasteiger partial charge in [0.05, 0.1) is 6.54 Å². The lowest BCUT2D eigenvalue weighted by molar-refractivity contribution is -0.274. The Bertz CT molecular complexity index is 1080. The second kappa shape index (κ2) is 12.6. The molecule has 0 aliphatic rings. The van der Waals surface area contributed by atoms with Gasteiger partial charge in [0.25, 0.3) is 0 Å². The summed E-state index contributed by atoms with van der Waals surface area (Å²) in [5, 5.41) is 10.0. The normalized spacial score (nSPS) is 11.2. The van der Waals surface area contributed by atoms with Crippen LogP contribution in [0.5, 0.6) is 5.75 Å². The third-order valence-electron chi connectivity index (χ3n) is 4.31. The number of benzene rings is 3. The van der Waals surface area contributed by atoms with Crippen molar-refractivity contribution < 1.29 is 45.8 Å². The number of hydrogen-bond donors (Lipinski definition) is 2. The predicted octanol–water partition coefficient (Wildman–Crippen LogP) is 5.67. The van der Waals surface area contributed by atoms with Crippen molar-refractivity contribution in [3.63, 3.8) is 0 Å². The number of aliphatic carboxylic acids is 1. The van der Waals surface area contributed by atoms with E-state index in [0.717, 1.165) is 0 Å². The van der Waals surface area contributed by atoms with E-state index in [2.05, 4.69) is 10.1 Å². The molecule has 192 valence electrons. The molecule has 1 amide bonds. The van der Waals surface area contributed by atoms with Crippen LogP contribution in [0.1, 0.15) is 5.56 Å². The minimum Gasteiger partial charge on any atom is -0.475 e. The number of ether oxygens (including phenoxy) is 1. The Kier molecular flexibility index (Phi) is 9.85. The fourth-order valence-electron chi connectivity index (χ4n) is 2.85. The van der Waals surface area contributed by atoms with Crippen LogP contribution in [0.4, 0.5) is 37.7 Å². The summed E-state index contributed by atoms with van der Waals surface area (Å²) in [5.74, 6) is -3.29. The van der Waals surface area contributed by atoms with Crippen LogP contribution in [-0.2, 0) is 16.1 Å². The first-order valence-electron chi connectivity index (χ1n) is 10.2. The number of halogens is 6. The van der Waals surface area contributed by atoms with Gasteiger partial charge in [-0.1, -0.05) is 54.6 Å². The lowest BCUT2D eigenvalue weighted by Crippen LogP contribution is -2.35. The molecule has 0 unspecified atom stereocenters. The third kappa shape index (κ3) is 9.29. The molecule has 0 aliphatic heterocycles. The topological polar surface area (TPSA) is 78.9 Å². The molecular formula is C24H20F6N2O4. The number of carbonyl (C=O) groups is 2. The second-order valence-electron chi connectivity index (χ2n) is 6.96. The lowest BCUT2D eigenvalue weighted by Gasteiger charge is -2.23. The van der Waals surface area contributed by atoms with Crippen molar-refractivity contribution in [2.75, 3.05) is 11.4 Å². The van der Waals surface area contributed by atoms with Crippen LogP contribution in [0.3, 0.4) is 0 Å². The lowest BCUT2D eigenvalue weighted by atomic mass is 10.2. The highest BCUT2D eigenvalue weighted by Gasteiger charge is 2.38. The van der Waals surface area contributed by atoms with Gasteiger partial charge in [0.1, 0.15) is 5.75 Å². The summed E-state index contributed by atoms with van der Waals surface area (Å²) in [7, 11) is 0. The van der Waals surface area contributed by atoms with E-state index in [9.17, 15) is 31.1 Å². The molecule has 0 atom stereocenters. The highest BCUT2D eigenvalue weighted by atomic mass is 19.4. The molecule has 36 heavy (non-hydrogen) atoms. The zero-order valence-corrected chi connectivity index (χ0v) is 18.4. The van der Waals surface area contributed by atoms with Gasteiger partial charge in [0.15, 0.2) is 0 Å². The van der Waals surface area contributed by atoms with Gasteiger partial charge in [-0.3, -0.25) is 9.69 Å². The number of para-hydroxylation sites is 3. The minimum atomic E-state index is -5.08. The molecule has 0 radical (unpaired) electrons. The maximum Gasteiger partial charge on any atom is 0.573 e. The van der Waals surface area contributed by atoms with E-state index in [-0.39, 0.29) is 24.7 Å². The molecule has 3 rings (SSSR count). The van der Waals surface area contributed by atoms with Crippen LogP contribution in [0.2, 0.25) is 0 Å². The molecule has 0 fully saturated rings. The summed E-state index contributed by atoms with van der Waals surface area (Å²) in [6.07, 6.45) is -9.86. The smallest absolute Gasteiger partial charge is 0.475 e. The van der Waals surface area contributed by atoms with E-state index in [1.807, 2.05) is 60.7 Å². The number of hydrogen-bond acceptors (Lipinski definition) is 4. The van der Waals surface area contributed by atoms with Crippen molar-refractivity contribution >= 4 is 23.3 Å². The van der Waals surface area contributed by atoms with Crippen molar-refractivity contribution in [2.45, 2.75) is 19.1 Å². The number of nitrogens with zero attached hydrogens (tertiary/aromatic N) is 1. The number of rotatable bonds is 7. The Hall–Kier alpha value is -4.06. The largest absolute Gasteiger partial charge is 0.573 e. The highest BCUT2D eigenvalue weighted by Crippen LogP contribution is 2.27. The van der Waals surface area contributed by atoms with Crippen molar-refractivity contribution in [3.05, 3.63) is 90.5 Å². The van der Waals surface area contributed by atoms with Crippen molar-refractivity contribution in [2.24, 2.45) is 0 Å². The van der Waals surface area contributed by atoms with E-state index in [4.69, 9.17) is 9.90 Å². The number of alkyl halides is 6. The average Bonchev–Trinajstić information content (AvgIpc) is 2.81. The van der Waals surface area contributed by atoms with Gasteiger partial charge in [0.2, 0.25) is 5.91 Å². The quantitative estimate of drug-likeness (QED) is 0.397. The van der Waals surface area contributed by atoms with E-state index in [0.29, 0.717) is 16.9 Å². The molecule has 2 N–H and O–H groups in total. The summed E-state index contributed by atoms with van der Waals surface area (Å²) in [5.41, 5.74) is 1.71. The number of carboxylic acid groups (broad SMARTS) is 1. The molecule has 0 aromatic heterocycles. The molecule has 6 nitrogen and oxygen atoms in total. The van der Waals surface area contributed by atoms with E-state index in [1.54, 1.807) is 11.0 Å². The Balaban J connectivity index is 0.000000572. The first-order valence-corrected chi connectivity index (χ1v) is 10.2. The Labute approximate surface area is 201 Å². The summed E-state index contributed by atoms with van der Waals surface area (Å²) < 4.78 is 73.4. The average molecular weight is 514 g/mol. The van der Waals surface area contributed by atoms with E-state index >= 15 is 0 Å². The number of carboxylic acids is 1. The molecule has 0 aliphatic carbocycles. The van der Waals surface area contributed by atoms with Gasteiger partial charge < -0.3 is 15.2 Å². The molecular weight excluding hydrogens is 494 g/mol. The number of amides is 1. The number of nitrogens with one attached hydrogen (secondary N) is 1. The molecule has 3 aromatic carbocycles. The van der Waals surface area contributed by atoms with Gasteiger partial charge in [-0.25, -0.2) is 4.79 Å². The molecule has 0 heterocycles. The molecule has 0 saturated carbocycles. The monoisotopic (exact) mass is 514 g/mol. The summed E-state index contributed by atoms with van der Waals surface area (Å²) in [4.78, 5) is 23.4. The van der Waals surface area contributed by atoms with Gasteiger partial charge >= 0.3 is 18.5 Å². The van der Waals surface area contributed by atoms with Crippen LogP contribution in [0.25, 0.3) is 0 Å². The van der Waals surface area contributed by atoms with Crippen LogP contribution in [-0.4, -0.2) is 36.1 Å². The Morgan fingerprint density at radius 1 is 0.778 bits per heavy atom. The first-order chi connectivity index (χ1) is 16.9. The summed E-state index contributed by atoms with van der Waals surface area (Å²) in [6.45, 7) is -0.0143. The van der Waals surface area contributed by atoms with Crippen molar-refractivity contribution in [1.29, 1.82) is 0 Å². The summed E-state index contributed by atoms with van der Waals surface area (Å²) in [6, 6.07) is 24.1. The fraction of sp³-hybridized carbons (Fsp3) is 0.167. The zero-order chi connectivity index (χ0) is 26.8. The van der Waals surface area contributed by atoms with Crippen LogP contribution in [0.15, 0.2) is 84.9 Å². The predicted molar refractivity (Wildman–Crippen MR) is 119 cm³/mol. The van der Waals surface area contributed by atoms with Crippen LogP contribution in [0, 0.1) is 0 Å². The second-order valence-corrected chi connectivity index (χ2v) is 6.96. The number of carbonyl (C=O) groups excluding carboxylic acids is 1. The molecule has 12 heteroatoms. The van der Waals surface area contributed by atoms with E-state index < -0.39 is 18.5 Å². The van der Waals surface area contributed by atoms with Gasteiger partial charge in [-0.2, -0.15) is 13.2 Å². The minimum absolute atomic E-state index is 0.0510. The maximum absolute atomic E-state index is 12.9. The van der Waals surface area contributed by atoms with Crippen molar-refractivity contribution in [3.8, 4) is 5.75 Å². The third-order valence-corrected chi connectivity index (χ3v) is 4.31. The highest BCUT2D eigenvalue weighted by molar-refractivity contribution is 6.01. The molecule has 3 aromatic rings. The van der Waals surface area contributed by atoms with Crippen molar-refractivity contribution in [1.82, 2.24) is 5.32 Å². The Morgan fingerprint density at radius 2 is 1.22 bits per heavy atom. The zero-order valence-electron chi connectivity index (χ0n) is 18.4. The Morgan fingerprint density at radius 3 is 1.67 bits per heavy atom. The van der Waals surface area contributed by atoms with E-state index in [1.165, 1.54) is 18.2 Å². The number of anilines is 2. The molecule has 0 spiro atoms. The molecule has 0 saturated heterocycles. The summed E-state index contributed by atoms with van der Waals surface area (Å²) >= 11 is 0. The molecule has 0 bridgehead atoms. The standard InChI is InChI=1S/C22H19F3N2O2.C2HF3O2/c23-22(24,25)29-20-14-8-7-9-17(20)15-26-16-21(28)27(18-10-3-1-4-11-18)19-12-5-2-6-13-19;3-2(4,5)1(6)7/h1-14,26H,15-16H2;(H,6,7). The van der Waals surface area contributed by atoms with Crippen LogP contribution >= 0.6 is 0 Å². The van der Waals surface area contributed by atoms with Crippen LogP contribution < -0.4 is 15.0 Å². The SMILES string of the molecule is O=C(CNCc1ccccc1OC(F)(F)F)N(c1ccccc1)c1ccccc1.O=C(O)C(F)(F)F. The maximum atomic E-state index is 12.9.